The van der Waals surface area contributed by atoms with Crippen LogP contribution in [-0.2, 0) is 26.6 Å². The number of hydrogen-bond donors (Lipinski definition) is 2. The van der Waals surface area contributed by atoms with E-state index in [1.165, 1.54) is 17.2 Å². The number of nitrogens with one attached hydrogen (secondary N) is 1. The SMILES string of the molecule is C=CCS(=O)(=O)NC(=O)c1ccc2c(c1)N(C[C@@H]1CC[C@H]1[C@H]1C[C@](O)(C=C)CCO1)C[C@@]1(CCCc3cc(Cl)ccc31)CO2. The zero-order chi connectivity index (χ0) is 31.1. The van der Waals surface area contributed by atoms with E-state index in [-0.39, 0.29) is 22.8 Å². The van der Waals surface area contributed by atoms with Crippen molar-refractivity contribution in [2.45, 2.75) is 62.1 Å². The summed E-state index contributed by atoms with van der Waals surface area (Å²) in [6.45, 7) is 9.72. The lowest BCUT2D eigenvalue weighted by atomic mass is 9.67. The standard InChI is InChI=1S/C34H41ClN2O6S/c1-3-16-44(40,41)36-32(38)24-8-12-30-29(18-24)37(20-25-7-10-27(25)31-19-34(39,4-2)14-15-42-31)21-33(22-43-30)13-5-6-23-17-26(35)9-11-28(23)33/h3-4,8-9,11-12,17-18,25,27,31,39H,1-2,5-7,10,13-16,19-22H2,(H,36,38)/t25-,27+,31+,33-,34-/m0/s1. The molecule has 2 aliphatic carbocycles. The summed E-state index contributed by atoms with van der Waals surface area (Å²) in [7, 11) is -3.84. The summed E-state index contributed by atoms with van der Waals surface area (Å²) in [5.74, 6) is 0.233. The molecular formula is C34H41ClN2O6S. The number of amides is 1. The van der Waals surface area contributed by atoms with Crippen LogP contribution >= 0.6 is 11.6 Å². The summed E-state index contributed by atoms with van der Waals surface area (Å²) in [6.07, 6.45) is 8.92. The number of halogens is 1. The van der Waals surface area contributed by atoms with E-state index in [4.69, 9.17) is 21.1 Å². The third-order valence-electron chi connectivity index (χ3n) is 10.1. The molecule has 0 bridgehead atoms. The average molecular weight is 641 g/mol. The van der Waals surface area contributed by atoms with Crippen molar-refractivity contribution in [1.29, 1.82) is 0 Å². The lowest BCUT2D eigenvalue weighted by molar-refractivity contribution is -0.125. The van der Waals surface area contributed by atoms with Crippen molar-refractivity contribution in [3.8, 4) is 5.75 Å². The zero-order valence-electron chi connectivity index (χ0n) is 25.0. The van der Waals surface area contributed by atoms with Gasteiger partial charge in [-0.25, -0.2) is 13.1 Å². The van der Waals surface area contributed by atoms with Crippen molar-refractivity contribution in [3.05, 3.63) is 83.4 Å². The number of anilines is 1. The predicted octanol–water partition coefficient (Wildman–Crippen LogP) is 5.18. The highest BCUT2D eigenvalue weighted by Crippen LogP contribution is 2.48. The van der Waals surface area contributed by atoms with Crippen LogP contribution in [0, 0.1) is 11.8 Å². The molecule has 1 spiro atoms. The number of benzene rings is 2. The topological polar surface area (TPSA) is 105 Å². The number of aliphatic hydroxyl groups is 1. The summed E-state index contributed by atoms with van der Waals surface area (Å²) in [5.41, 5.74) is 2.32. The lowest BCUT2D eigenvalue weighted by Gasteiger charge is -2.48. The minimum atomic E-state index is -3.84. The molecule has 2 aromatic carbocycles. The summed E-state index contributed by atoms with van der Waals surface area (Å²) >= 11 is 6.40. The highest BCUT2D eigenvalue weighted by atomic mass is 35.5. The van der Waals surface area contributed by atoms with Crippen molar-refractivity contribution in [2.75, 3.05) is 37.0 Å². The number of carbonyl (C=O) groups excluding carboxylic acids is 1. The second kappa shape index (κ2) is 12.2. The van der Waals surface area contributed by atoms with Crippen LogP contribution in [0.3, 0.4) is 0 Å². The van der Waals surface area contributed by atoms with Crippen molar-refractivity contribution in [3.63, 3.8) is 0 Å². The highest BCUT2D eigenvalue weighted by Gasteiger charge is 2.46. The Morgan fingerprint density at radius 1 is 1.18 bits per heavy atom. The fourth-order valence-corrected chi connectivity index (χ4v) is 8.59. The molecule has 4 aliphatic rings. The number of rotatable bonds is 8. The summed E-state index contributed by atoms with van der Waals surface area (Å²) in [5, 5.41) is 11.7. The number of nitrogens with zero attached hydrogens (tertiary/aromatic N) is 1. The number of sulfonamides is 1. The Labute approximate surface area is 265 Å². The van der Waals surface area contributed by atoms with Crippen molar-refractivity contribution >= 4 is 33.2 Å². The molecule has 5 atom stereocenters. The molecule has 0 radical (unpaired) electrons. The van der Waals surface area contributed by atoms with Gasteiger partial charge in [0.1, 0.15) is 5.75 Å². The van der Waals surface area contributed by atoms with Crippen LogP contribution in [-0.4, -0.2) is 63.2 Å². The first-order chi connectivity index (χ1) is 21.0. The van der Waals surface area contributed by atoms with Gasteiger partial charge in [-0.05, 0) is 85.4 Å². The van der Waals surface area contributed by atoms with Crippen LogP contribution in [0.2, 0.25) is 5.02 Å². The molecule has 2 fully saturated rings. The maximum absolute atomic E-state index is 13.1. The smallest absolute Gasteiger partial charge is 0.264 e. The van der Waals surface area contributed by atoms with E-state index in [0.717, 1.165) is 49.4 Å². The van der Waals surface area contributed by atoms with Crippen LogP contribution in [0.15, 0.2) is 61.7 Å². The van der Waals surface area contributed by atoms with Crippen molar-refractivity contribution in [2.24, 2.45) is 11.8 Å². The Hall–Kier alpha value is -2.85. The molecule has 2 N–H and O–H groups in total. The quantitative estimate of drug-likeness (QED) is 0.383. The Morgan fingerprint density at radius 2 is 2.02 bits per heavy atom. The normalized spacial score (nSPS) is 29.8. The largest absolute Gasteiger partial charge is 0.490 e. The maximum Gasteiger partial charge on any atom is 0.264 e. The molecule has 1 saturated heterocycles. The van der Waals surface area contributed by atoms with E-state index >= 15 is 0 Å². The van der Waals surface area contributed by atoms with Gasteiger partial charge in [0.25, 0.3) is 5.91 Å². The number of aryl methyl sites for hydroxylation is 1. The summed E-state index contributed by atoms with van der Waals surface area (Å²) < 4.78 is 39.6. The fourth-order valence-electron chi connectivity index (χ4n) is 7.60. The third-order valence-corrected chi connectivity index (χ3v) is 11.5. The Kier molecular flexibility index (Phi) is 8.60. The third kappa shape index (κ3) is 6.16. The van der Waals surface area contributed by atoms with E-state index in [9.17, 15) is 18.3 Å². The second-order valence-electron chi connectivity index (χ2n) is 13.0. The monoisotopic (exact) mass is 640 g/mol. The van der Waals surface area contributed by atoms with Gasteiger partial charge < -0.3 is 19.5 Å². The van der Waals surface area contributed by atoms with E-state index in [2.05, 4.69) is 34.9 Å². The highest BCUT2D eigenvalue weighted by molar-refractivity contribution is 7.90. The Balaban J connectivity index is 1.34. The van der Waals surface area contributed by atoms with E-state index in [1.54, 1.807) is 24.3 Å². The minimum absolute atomic E-state index is 0.0492. The number of fused-ring (bicyclic) bond motifs is 3. The van der Waals surface area contributed by atoms with Crippen LogP contribution in [0.5, 0.6) is 5.75 Å². The van der Waals surface area contributed by atoms with Gasteiger partial charge in [-0.15, -0.1) is 13.2 Å². The maximum atomic E-state index is 13.1. The van der Waals surface area contributed by atoms with Crippen LogP contribution in [0.25, 0.3) is 0 Å². The minimum Gasteiger partial charge on any atom is -0.490 e. The number of hydrogen-bond acceptors (Lipinski definition) is 7. The first-order valence-corrected chi connectivity index (χ1v) is 17.5. The van der Waals surface area contributed by atoms with E-state index in [0.29, 0.717) is 50.2 Å². The molecule has 1 saturated carbocycles. The molecule has 2 heterocycles. The van der Waals surface area contributed by atoms with Gasteiger partial charge in [-0.3, -0.25) is 4.79 Å². The molecule has 8 nitrogen and oxygen atoms in total. The van der Waals surface area contributed by atoms with Crippen molar-refractivity contribution in [1.82, 2.24) is 4.72 Å². The van der Waals surface area contributed by atoms with Gasteiger partial charge in [-0.2, -0.15) is 0 Å². The van der Waals surface area contributed by atoms with E-state index in [1.807, 2.05) is 6.07 Å². The van der Waals surface area contributed by atoms with Gasteiger partial charge in [0.05, 0.1) is 36.4 Å². The Bertz CT molecular complexity index is 1560. The predicted molar refractivity (Wildman–Crippen MR) is 172 cm³/mol. The fraction of sp³-hybridized carbons (Fsp3) is 0.500. The molecule has 0 unspecified atom stereocenters. The van der Waals surface area contributed by atoms with Gasteiger partial charge >= 0.3 is 0 Å². The molecule has 2 aromatic rings. The number of carbonyl (C=O) groups is 1. The van der Waals surface area contributed by atoms with Crippen LogP contribution in [0.4, 0.5) is 5.69 Å². The Morgan fingerprint density at radius 3 is 2.77 bits per heavy atom. The first kappa shape index (κ1) is 31.1. The zero-order valence-corrected chi connectivity index (χ0v) is 26.5. The molecule has 236 valence electrons. The molecule has 44 heavy (non-hydrogen) atoms. The molecule has 10 heteroatoms. The number of ether oxygens (including phenoxy) is 2. The molecular weight excluding hydrogens is 600 g/mol. The van der Waals surface area contributed by atoms with Gasteiger partial charge in [0.2, 0.25) is 10.0 Å². The van der Waals surface area contributed by atoms with Crippen molar-refractivity contribution < 1.29 is 27.8 Å². The molecule has 1 amide bonds. The second-order valence-corrected chi connectivity index (χ2v) is 15.2. The molecule has 6 rings (SSSR count). The average Bonchev–Trinajstić information content (AvgIpc) is 3.12. The summed E-state index contributed by atoms with van der Waals surface area (Å²) in [4.78, 5) is 15.4. The van der Waals surface area contributed by atoms with Crippen LogP contribution in [0.1, 0.15) is 60.0 Å². The van der Waals surface area contributed by atoms with Crippen LogP contribution < -0.4 is 14.4 Å². The molecule has 0 aromatic heterocycles. The molecule has 2 aliphatic heterocycles. The lowest BCUT2D eigenvalue weighted by Crippen LogP contribution is -2.52. The van der Waals surface area contributed by atoms with Gasteiger partial charge in [0, 0.05) is 41.9 Å². The summed E-state index contributed by atoms with van der Waals surface area (Å²) in [6, 6.07) is 11.3. The first-order valence-electron chi connectivity index (χ1n) is 15.5. The van der Waals surface area contributed by atoms with Gasteiger partial charge in [-0.1, -0.05) is 29.8 Å². The van der Waals surface area contributed by atoms with Gasteiger partial charge in [0.15, 0.2) is 0 Å². The van der Waals surface area contributed by atoms with E-state index < -0.39 is 21.5 Å².